The van der Waals surface area contributed by atoms with Gasteiger partial charge in [-0.1, -0.05) is 13.8 Å². The van der Waals surface area contributed by atoms with E-state index in [2.05, 4.69) is 21.6 Å². The van der Waals surface area contributed by atoms with E-state index in [1.54, 1.807) is 0 Å². The van der Waals surface area contributed by atoms with Gasteiger partial charge in [0.25, 0.3) is 0 Å². The van der Waals surface area contributed by atoms with Crippen molar-refractivity contribution in [3.8, 4) is 6.07 Å². The van der Waals surface area contributed by atoms with Crippen LogP contribution in [0.25, 0.3) is 0 Å². The first-order chi connectivity index (χ1) is 10.0. The fraction of sp³-hybridized carbons (Fsp3) is 0.643. The zero-order chi connectivity index (χ0) is 15.5. The highest BCUT2D eigenvalue weighted by atomic mass is 32.2. The van der Waals surface area contributed by atoms with Crippen LogP contribution >= 0.6 is 0 Å². The van der Waals surface area contributed by atoms with Crippen LogP contribution in [0.2, 0.25) is 0 Å². The highest BCUT2D eigenvalue weighted by molar-refractivity contribution is 7.91. The van der Waals surface area contributed by atoms with E-state index in [1.165, 1.54) is 0 Å². The lowest BCUT2D eigenvalue weighted by molar-refractivity contribution is 0.558. The summed E-state index contributed by atoms with van der Waals surface area (Å²) in [6, 6.07) is 2.25. The van der Waals surface area contributed by atoms with Gasteiger partial charge in [0.05, 0.1) is 17.2 Å². The molecule has 0 atom stereocenters. The number of aryl methyl sites for hydroxylation is 1. The van der Waals surface area contributed by atoms with Crippen molar-refractivity contribution >= 4 is 15.7 Å². The first-order valence-corrected chi connectivity index (χ1v) is 9.08. The summed E-state index contributed by atoms with van der Waals surface area (Å²) in [5, 5.41) is 20.9. The Labute approximate surface area is 125 Å². The number of nitrogens with one attached hydrogen (secondary N) is 1. The second-order valence-corrected chi connectivity index (χ2v) is 7.54. The summed E-state index contributed by atoms with van der Waals surface area (Å²) >= 11 is 0. The van der Waals surface area contributed by atoms with Gasteiger partial charge >= 0.3 is 0 Å². The molecule has 0 aliphatic carbocycles. The molecule has 0 spiro atoms. The van der Waals surface area contributed by atoms with Gasteiger partial charge in [-0.15, -0.1) is 5.10 Å². The lowest BCUT2D eigenvalue weighted by Gasteiger charge is -2.24. The van der Waals surface area contributed by atoms with Crippen LogP contribution in [-0.4, -0.2) is 36.2 Å². The highest BCUT2D eigenvalue weighted by Gasteiger charge is 2.25. The number of aromatic nitrogens is 2. The van der Waals surface area contributed by atoms with E-state index in [0.717, 1.165) is 24.1 Å². The van der Waals surface area contributed by atoms with Crippen LogP contribution in [0.1, 0.15) is 43.5 Å². The second-order valence-electron chi connectivity index (χ2n) is 5.24. The Morgan fingerprint density at radius 2 is 1.90 bits per heavy atom. The minimum Gasteiger partial charge on any atom is -0.365 e. The molecule has 7 heteroatoms. The van der Waals surface area contributed by atoms with Crippen molar-refractivity contribution in [2.45, 2.75) is 45.6 Å². The van der Waals surface area contributed by atoms with Crippen LogP contribution in [0.4, 0.5) is 5.82 Å². The van der Waals surface area contributed by atoms with Gasteiger partial charge in [-0.25, -0.2) is 8.42 Å². The van der Waals surface area contributed by atoms with Crippen molar-refractivity contribution in [3.63, 3.8) is 0 Å². The van der Waals surface area contributed by atoms with Crippen molar-refractivity contribution in [3.05, 3.63) is 16.8 Å². The molecule has 1 saturated heterocycles. The van der Waals surface area contributed by atoms with Crippen molar-refractivity contribution in [1.29, 1.82) is 5.26 Å². The Bertz CT molecular complexity index is 650. The molecule has 0 unspecified atom stereocenters. The van der Waals surface area contributed by atoms with Crippen LogP contribution in [0.15, 0.2) is 0 Å². The van der Waals surface area contributed by atoms with E-state index >= 15 is 0 Å². The molecule has 0 saturated carbocycles. The van der Waals surface area contributed by atoms with Crippen LogP contribution in [0.5, 0.6) is 0 Å². The lowest BCUT2D eigenvalue weighted by atomic mass is 10.0. The van der Waals surface area contributed by atoms with Crippen LogP contribution in [0.3, 0.4) is 0 Å². The fourth-order valence-corrected chi connectivity index (χ4v) is 4.11. The Balaban J connectivity index is 2.23. The van der Waals surface area contributed by atoms with Crippen molar-refractivity contribution in [2.24, 2.45) is 0 Å². The summed E-state index contributed by atoms with van der Waals surface area (Å²) < 4.78 is 22.9. The molecule has 1 aromatic rings. The number of nitrogens with zero attached hydrogens (tertiary/aromatic N) is 3. The molecule has 1 aliphatic heterocycles. The summed E-state index contributed by atoms with van der Waals surface area (Å²) in [5.74, 6) is 0.859. The largest absolute Gasteiger partial charge is 0.365 e. The maximum absolute atomic E-state index is 11.4. The monoisotopic (exact) mass is 308 g/mol. The standard InChI is InChI=1S/C14H20N4O2S/c1-3-11-12(9-15)14(18-17-13(11)4-2)16-10-5-7-21(19,20)8-6-10/h10H,3-8H2,1-2H3,(H,16,18). The molecule has 0 aromatic carbocycles. The van der Waals surface area contributed by atoms with Gasteiger partial charge < -0.3 is 5.32 Å². The van der Waals surface area contributed by atoms with Gasteiger partial charge in [-0.05, 0) is 31.2 Å². The summed E-state index contributed by atoms with van der Waals surface area (Å²) in [6.45, 7) is 3.98. The summed E-state index contributed by atoms with van der Waals surface area (Å²) in [6.07, 6.45) is 2.57. The zero-order valence-electron chi connectivity index (χ0n) is 12.4. The number of hydrogen-bond donors (Lipinski definition) is 1. The Kier molecular flexibility index (Phi) is 4.78. The molecule has 0 amide bonds. The first-order valence-electron chi connectivity index (χ1n) is 7.26. The van der Waals surface area contributed by atoms with Gasteiger partial charge in [-0.2, -0.15) is 10.4 Å². The smallest absolute Gasteiger partial charge is 0.167 e. The van der Waals surface area contributed by atoms with Gasteiger partial charge in [0, 0.05) is 6.04 Å². The predicted molar refractivity (Wildman–Crippen MR) is 80.8 cm³/mol. The number of nitriles is 1. The molecule has 0 radical (unpaired) electrons. The van der Waals surface area contributed by atoms with E-state index < -0.39 is 9.84 Å². The Morgan fingerprint density at radius 1 is 1.24 bits per heavy atom. The molecule has 1 aliphatic rings. The molecule has 1 fully saturated rings. The number of anilines is 1. The molecule has 0 bridgehead atoms. The molecule has 21 heavy (non-hydrogen) atoms. The molecule has 1 aromatic heterocycles. The van der Waals surface area contributed by atoms with E-state index in [1.807, 2.05) is 13.8 Å². The minimum atomic E-state index is -2.89. The zero-order valence-corrected chi connectivity index (χ0v) is 13.2. The van der Waals surface area contributed by atoms with Crippen LogP contribution < -0.4 is 5.32 Å². The third-order valence-electron chi connectivity index (χ3n) is 3.85. The van der Waals surface area contributed by atoms with Gasteiger partial charge in [-0.3, -0.25) is 0 Å². The average molecular weight is 308 g/mol. The van der Waals surface area contributed by atoms with Crippen molar-refractivity contribution in [1.82, 2.24) is 10.2 Å². The predicted octanol–water partition coefficient (Wildman–Crippen LogP) is 1.46. The SMILES string of the molecule is CCc1nnc(NC2CCS(=O)(=O)CC2)c(C#N)c1CC. The van der Waals surface area contributed by atoms with E-state index in [9.17, 15) is 13.7 Å². The van der Waals surface area contributed by atoms with Crippen LogP contribution in [0, 0.1) is 11.3 Å². The minimum absolute atomic E-state index is 0.0344. The fourth-order valence-electron chi connectivity index (χ4n) is 2.62. The second kappa shape index (κ2) is 6.39. The Morgan fingerprint density at radius 3 is 2.43 bits per heavy atom. The average Bonchev–Trinajstić information content (AvgIpc) is 2.48. The van der Waals surface area contributed by atoms with Crippen molar-refractivity contribution in [2.75, 3.05) is 16.8 Å². The number of sulfone groups is 1. The summed E-state index contributed by atoms with van der Waals surface area (Å²) in [4.78, 5) is 0. The molecule has 2 heterocycles. The number of rotatable bonds is 4. The Hall–Kier alpha value is -1.68. The van der Waals surface area contributed by atoms with E-state index in [0.29, 0.717) is 24.2 Å². The lowest BCUT2D eigenvalue weighted by Crippen LogP contribution is -2.32. The van der Waals surface area contributed by atoms with E-state index in [-0.39, 0.29) is 17.5 Å². The molecule has 2 rings (SSSR count). The number of hydrogen-bond acceptors (Lipinski definition) is 6. The third kappa shape index (κ3) is 3.50. The normalized spacial score (nSPS) is 18.1. The molecular formula is C14H20N4O2S. The topological polar surface area (TPSA) is 95.7 Å². The highest BCUT2D eigenvalue weighted by Crippen LogP contribution is 2.23. The molecule has 114 valence electrons. The van der Waals surface area contributed by atoms with Gasteiger partial charge in [0.1, 0.15) is 21.5 Å². The third-order valence-corrected chi connectivity index (χ3v) is 5.57. The summed E-state index contributed by atoms with van der Waals surface area (Å²) in [5.41, 5.74) is 2.32. The van der Waals surface area contributed by atoms with Crippen LogP contribution in [-0.2, 0) is 22.7 Å². The van der Waals surface area contributed by atoms with Gasteiger partial charge in [0.2, 0.25) is 0 Å². The maximum atomic E-state index is 11.4. The van der Waals surface area contributed by atoms with Crippen molar-refractivity contribution < 1.29 is 8.42 Å². The molecular weight excluding hydrogens is 288 g/mol. The first kappa shape index (κ1) is 15.7. The quantitative estimate of drug-likeness (QED) is 0.904. The van der Waals surface area contributed by atoms with Gasteiger partial charge in [0.15, 0.2) is 5.82 Å². The summed E-state index contributed by atoms with van der Waals surface area (Å²) in [7, 11) is -2.89. The molecule has 6 nitrogen and oxygen atoms in total. The van der Waals surface area contributed by atoms with E-state index in [4.69, 9.17) is 0 Å². The molecule has 1 N–H and O–H groups in total. The maximum Gasteiger partial charge on any atom is 0.167 e.